The highest BCUT2D eigenvalue weighted by molar-refractivity contribution is 7.91. The molecule has 12 heteroatoms. The molecule has 1 saturated carbocycles. The number of hydrogen-bond acceptors (Lipinski definition) is 8. The van der Waals surface area contributed by atoms with E-state index in [4.69, 9.17) is 4.74 Å². The summed E-state index contributed by atoms with van der Waals surface area (Å²) in [6.45, 7) is -0.338. The SMILES string of the molecule is COc1ccc(-c2cc3nc(C(C(=O)NCC(=O)NC4CC4)S(C)(=O)=O)sc3cc2F)cn1. The fourth-order valence-electron chi connectivity index (χ4n) is 3.22. The molecule has 3 aromatic rings. The van der Waals surface area contributed by atoms with Crippen LogP contribution in [-0.4, -0.2) is 56.2 Å². The minimum atomic E-state index is -3.92. The molecular formula is C21H21FN4O5S2. The van der Waals surface area contributed by atoms with Gasteiger partial charge in [0.15, 0.2) is 15.1 Å². The highest BCUT2D eigenvalue weighted by Gasteiger charge is 2.34. The number of rotatable bonds is 8. The Morgan fingerprint density at radius 3 is 2.67 bits per heavy atom. The van der Waals surface area contributed by atoms with E-state index >= 15 is 0 Å². The van der Waals surface area contributed by atoms with Crippen LogP contribution in [0, 0.1) is 5.82 Å². The van der Waals surface area contributed by atoms with Crippen molar-refractivity contribution in [3.8, 4) is 17.0 Å². The lowest BCUT2D eigenvalue weighted by Crippen LogP contribution is -2.41. The molecule has 4 rings (SSSR count). The standard InChI is InChI=1S/C21H21FN4O5S2/c1-31-18-6-3-11(9-23-18)13-7-15-16(8-14(13)22)32-21(26-15)19(33(2,29)30)20(28)24-10-17(27)25-12-4-5-12/h3,6-9,12,19H,4-5,10H2,1-2H3,(H,24,28)(H,25,27). The van der Waals surface area contributed by atoms with Gasteiger partial charge in [0.05, 0.1) is 23.9 Å². The van der Waals surface area contributed by atoms with Crippen molar-refractivity contribution in [2.24, 2.45) is 0 Å². The quantitative estimate of drug-likeness (QED) is 0.492. The van der Waals surface area contributed by atoms with Crippen LogP contribution in [0.3, 0.4) is 0 Å². The maximum atomic E-state index is 14.8. The first-order valence-corrected chi connectivity index (χ1v) is 12.8. The number of thiazole rings is 1. The number of sulfone groups is 1. The number of ether oxygens (including phenoxy) is 1. The van der Waals surface area contributed by atoms with Crippen LogP contribution < -0.4 is 15.4 Å². The van der Waals surface area contributed by atoms with Gasteiger partial charge in [0, 0.05) is 35.7 Å². The zero-order valence-electron chi connectivity index (χ0n) is 17.8. The summed E-state index contributed by atoms with van der Waals surface area (Å²) in [6.07, 6.45) is 4.16. The second-order valence-electron chi connectivity index (χ2n) is 7.71. The molecule has 2 aromatic heterocycles. The molecular weight excluding hydrogens is 471 g/mol. The first kappa shape index (κ1) is 23.1. The highest BCUT2D eigenvalue weighted by Crippen LogP contribution is 2.35. The highest BCUT2D eigenvalue weighted by atomic mass is 32.2. The molecule has 1 aliphatic carbocycles. The minimum absolute atomic E-state index is 0.00277. The van der Waals surface area contributed by atoms with Crippen molar-refractivity contribution >= 4 is 43.2 Å². The van der Waals surface area contributed by atoms with Crippen molar-refractivity contribution in [2.45, 2.75) is 24.1 Å². The third-order valence-electron chi connectivity index (χ3n) is 5.01. The first-order valence-electron chi connectivity index (χ1n) is 10.0. The minimum Gasteiger partial charge on any atom is -0.481 e. The van der Waals surface area contributed by atoms with Gasteiger partial charge >= 0.3 is 0 Å². The summed E-state index contributed by atoms with van der Waals surface area (Å²) in [4.78, 5) is 32.9. The molecule has 1 aromatic carbocycles. The number of fused-ring (bicyclic) bond motifs is 1. The number of halogens is 1. The molecule has 9 nitrogen and oxygen atoms in total. The number of amides is 2. The van der Waals surface area contributed by atoms with Crippen LogP contribution in [0.15, 0.2) is 30.5 Å². The molecule has 0 spiro atoms. The molecule has 1 fully saturated rings. The van der Waals surface area contributed by atoms with E-state index in [0.717, 1.165) is 30.4 Å². The number of nitrogens with one attached hydrogen (secondary N) is 2. The zero-order valence-corrected chi connectivity index (χ0v) is 19.4. The Kier molecular flexibility index (Phi) is 6.30. The van der Waals surface area contributed by atoms with E-state index < -0.39 is 26.8 Å². The van der Waals surface area contributed by atoms with Crippen LogP contribution in [0.2, 0.25) is 0 Å². The molecule has 2 amide bonds. The van der Waals surface area contributed by atoms with E-state index in [1.165, 1.54) is 25.4 Å². The second-order valence-corrected chi connectivity index (χ2v) is 10.9. The number of nitrogens with zero attached hydrogens (tertiary/aromatic N) is 2. The summed E-state index contributed by atoms with van der Waals surface area (Å²) in [5.41, 5.74) is 1.06. The molecule has 0 saturated heterocycles. The molecule has 2 N–H and O–H groups in total. The van der Waals surface area contributed by atoms with Gasteiger partial charge in [-0.1, -0.05) is 0 Å². The molecule has 0 aliphatic heterocycles. The van der Waals surface area contributed by atoms with Crippen LogP contribution in [-0.2, 0) is 19.4 Å². The number of pyridine rings is 1. The normalized spacial score (nSPS) is 14.6. The maximum Gasteiger partial charge on any atom is 0.245 e. The average Bonchev–Trinajstić information content (AvgIpc) is 3.48. The Morgan fingerprint density at radius 1 is 1.30 bits per heavy atom. The largest absolute Gasteiger partial charge is 0.481 e. The fourth-order valence-corrected chi connectivity index (χ4v) is 5.73. The lowest BCUT2D eigenvalue weighted by Gasteiger charge is -2.12. The topological polar surface area (TPSA) is 127 Å². The van der Waals surface area contributed by atoms with Crippen molar-refractivity contribution in [1.82, 2.24) is 20.6 Å². The van der Waals surface area contributed by atoms with Crippen LogP contribution in [0.5, 0.6) is 5.88 Å². The number of carbonyl (C=O) groups excluding carboxylic acids is 2. The number of carbonyl (C=O) groups is 2. The van der Waals surface area contributed by atoms with E-state index in [9.17, 15) is 22.4 Å². The Bertz CT molecular complexity index is 1320. The van der Waals surface area contributed by atoms with Crippen LogP contribution in [0.4, 0.5) is 4.39 Å². The van der Waals surface area contributed by atoms with E-state index in [1.807, 2.05) is 0 Å². The average molecular weight is 493 g/mol. The Morgan fingerprint density at radius 2 is 2.06 bits per heavy atom. The van der Waals surface area contributed by atoms with E-state index in [0.29, 0.717) is 21.7 Å². The van der Waals surface area contributed by atoms with Crippen molar-refractivity contribution in [3.05, 3.63) is 41.3 Å². The van der Waals surface area contributed by atoms with Gasteiger partial charge in [-0.25, -0.2) is 22.8 Å². The summed E-state index contributed by atoms with van der Waals surface area (Å²) in [7, 11) is -2.45. The summed E-state index contributed by atoms with van der Waals surface area (Å²) in [6, 6.07) is 6.08. The van der Waals surface area contributed by atoms with Crippen molar-refractivity contribution < 1.29 is 27.1 Å². The maximum absolute atomic E-state index is 14.8. The van der Waals surface area contributed by atoms with Crippen molar-refractivity contribution in [1.29, 1.82) is 0 Å². The van der Waals surface area contributed by atoms with Crippen LogP contribution in [0.25, 0.3) is 21.3 Å². The molecule has 1 atom stereocenters. The van der Waals surface area contributed by atoms with Gasteiger partial charge in [-0.3, -0.25) is 9.59 Å². The molecule has 33 heavy (non-hydrogen) atoms. The lowest BCUT2D eigenvalue weighted by molar-refractivity contribution is -0.126. The Balaban J connectivity index is 1.62. The fraction of sp³-hybridized carbons (Fsp3) is 0.333. The van der Waals surface area contributed by atoms with Gasteiger partial charge in [0.2, 0.25) is 17.7 Å². The molecule has 0 radical (unpaired) electrons. The molecule has 1 aliphatic rings. The summed E-state index contributed by atoms with van der Waals surface area (Å²) < 4.78 is 45.0. The van der Waals surface area contributed by atoms with Gasteiger partial charge in [-0.2, -0.15) is 0 Å². The molecule has 174 valence electrons. The third kappa shape index (κ3) is 5.28. The summed E-state index contributed by atoms with van der Waals surface area (Å²) >= 11 is 0.912. The molecule has 2 heterocycles. The van der Waals surface area contributed by atoms with Gasteiger partial charge < -0.3 is 15.4 Å². The number of aromatic nitrogens is 2. The third-order valence-corrected chi connectivity index (χ3v) is 7.53. The van der Waals surface area contributed by atoms with Gasteiger partial charge in [0.1, 0.15) is 10.8 Å². The van der Waals surface area contributed by atoms with Gasteiger partial charge in [-0.05, 0) is 31.0 Å². The van der Waals surface area contributed by atoms with E-state index in [1.54, 1.807) is 12.1 Å². The molecule has 0 bridgehead atoms. The predicted octanol–water partition coefficient (Wildman–Crippen LogP) is 1.99. The predicted molar refractivity (Wildman–Crippen MR) is 121 cm³/mol. The van der Waals surface area contributed by atoms with E-state index in [-0.39, 0.29) is 29.1 Å². The monoisotopic (exact) mass is 492 g/mol. The zero-order chi connectivity index (χ0) is 23.8. The Labute approximate surface area is 193 Å². The van der Waals surface area contributed by atoms with Crippen LogP contribution >= 0.6 is 11.3 Å². The van der Waals surface area contributed by atoms with Gasteiger partial charge in [-0.15, -0.1) is 11.3 Å². The van der Waals surface area contributed by atoms with Gasteiger partial charge in [0.25, 0.3) is 0 Å². The van der Waals surface area contributed by atoms with Crippen molar-refractivity contribution in [2.75, 3.05) is 19.9 Å². The van der Waals surface area contributed by atoms with Crippen LogP contribution in [0.1, 0.15) is 23.1 Å². The smallest absolute Gasteiger partial charge is 0.245 e. The summed E-state index contributed by atoms with van der Waals surface area (Å²) in [5.74, 6) is -1.41. The number of hydrogen-bond donors (Lipinski definition) is 2. The van der Waals surface area contributed by atoms with Crippen molar-refractivity contribution in [3.63, 3.8) is 0 Å². The van der Waals surface area contributed by atoms with E-state index in [2.05, 4.69) is 20.6 Å². The second kappa shape index (κ2) is 9.02. The lowest BCUT2D eigenvalue weighted by atomic mass is 10.1. The molecule has 1 unspecified atom stereocenters. The summed E-state index contributed by atoms with van der Waals surface area (Å²) in [5, 5.41) is 3.46. The Hall–Kier alpha value is -3.12. The first-order chi connectivity index (χ1) is 15.7. The number of benzene rings is 1. The number of methoxy groups -OCH3 is 1.